The Hall–Kier alpha value is -2.19. The van der Waals surface area contributed by atoms with Gasteiger partial charge in [-0.3, -0.25) is 4.79 Å². The predicted octanol–water partition coefficient (Wildman–Crippen LogP) is 2.52. The summed E-state index contributed by atoms with van der Waals surface area (Å²) in [7, 11) is 0. The number of unbranched alkanes of at least 4 members (excludes halogenated alkanes) is 4. The zero-order valence-corrected chi connectivity index (χ0v) is 16.3. The minimum atomic E-state index is -0.521. The van der Waals surface area contributed by atoms with Crippen molar-refractivity contribution < 1.29 is 4.79 Å². The summed E-state index contributed by atoms with van der Waals surface area (Å²) in [6.45, 7) is 7.85. The summed E-state index contributed by atoms with van der Waals surface area (Å²) >= 11 is 0. The van der Waals surface area contributed by atoms with Crippen molar-refractivity contribution in [1.29, 1.82) is 0 Å². The molecule has 9 heteroatoms. The van der Waals surface area contributed by atoms with Gasteiger partial charge in [-0.1, -0.05) is 39.5 Å². The highest BCUT2D eigenvalue weighted by Gasteiger charge is 2.26. The largest absolute Gasteiger partial charge is 0.295 e. The van der Waals surface area contributed by atoms with Crippen LogP contribution in [0.1, 0.15) is 90.0 Å². The maximum Gasteiger partial charge on any atom is 0.185 e. The molecule has 9 nitrogen and oxygen atoms in total. The molecule has 0 spiro atoms. The van der Waals surface area contributed by atoms with Gasteiger partial charge in [0, 0.05) is 12.8 Å². The van der Waals surface area contributed by atoms with Gasteiger partial charge in [0.25, 0.3) is 0 Å². The standard InChI is InChI=1S/C17H30N8O/c1-5-7-9-11-15-18-22-24(20-15)13(3)17(26)14(4)25-21-16(19-23-25)12-10-8-6-2/h13-14H,5-12H2,1-4H3. The van der Waals surface area contributed by atoms with Crippen LogP contribution >= 0.6 is 0 Å². The molecule has 0 aliphatic rings. The number of aromatic nitrogens is 8. The lowest BCUT2D eigenvalue weighted by atomic mass is 10.1. The number of nitrogens with zero attached hydrogens (tertiary/aromatic N) is 8. The van der Waals surface area contributed by atoms with Crippen molar-refractivity contribution >= 4 is 5.78 Å². The van der Waals surface area contributed by atoms with Gasteiger partial charge in [0.15, 0.2) is 17.4 Å². The first-order chi connectivity index (χ1) is 12.6. The molecule has 2 aromatic rings. The minimum Gasteiger partial charge on any atom is -0.295 e. The summed E-state index contributed by atoms with van der Waals surface area (Å²) in [5.41, 5.74) is 0. The van der Waals surface area contributed by atoms with E-state index in [0.717, 1.165) is 51.4 Å². The molecule has 0 radical (unpaired) electrons. The number of hydrogen-bond donors (Lipinski definition) is 0. The van der Waals surface area contributed by atoms with Crippen LogP contribution in [0.15, 0.2) is 0 Å². The highest BCUT2D eigenvalue weighted by atomic mass is 16.1. The zero-order valence-electron chi connectivity index (χ0n) is 16.3. The van der Waals surface area contributed by atoms with E-state index in [1.165, 1.54) is 9.59 Å². The monoisotopic (exact) mass is 362 g/mol. The second-order valence-electron chi connectivity index (χ2n) is 6.72. The summed E-state index contributed by atoms with van der Waals surface area (Å²) < 4.78 is 0. The van der Waals surface area contributed by atoms with Crippen LogP contribution in [0.25, 0.3) is 0 Å². The van der Waals surface area contributed by atoms with Gasteiger partial charge >= 0.3 is 0 Å². The van der Waals surface area contributed by atoms with Crippen LogP contribution in [-0.4, -0.2) is 46.2 Å². The zero-order chi connectivity index (χ0) is 18.9. The van der Waals surface area contributed by atoms with Crippen LogP contribution in [0.5, 0.6) is 0 Å². The van der Waals surface area contributed by atoms with E-state index < -0.39 is 12.1 Å². The Morgan fingerprint density at radius 2 is 1.23 bits per heavy atom. The van der Waals surface area contributed by atoms with E-state index in [1.54, 1.807) is 13.8 Å². The number of hydrogen-bond acceptors (Lipinski definition) is 7. The van der Waals surface area contributed by atoms with Crippen LogP contribution in [0, 0.1) is 0 Å². The summed E-state index contributed by atoms with van der Waals surface area (Å²) in [4.78, 5) is 15.5. The fraction of sp³-hybridized carbons (Fsp3) is 0.824. The number of aryl methyl sites for hydroxylation is 2. The van der Waals surface area contributed by atoms with E-state index in [4.69, 9.17) is 0 Å². The molecule has 2 heterocycles. The third-order valence-electron chi connectivity index (χ3n) is 4.46. The number of ketones is 1. The van der Waals surface area contributed by atoms with E-state index in [2.05, 4.69) is 44.7 Å². The summed E-state index contributed by atoms with van der Waals surface area (Å²) in [6.07, 6.45) is 8.20. The van der Waals surface area contributed by atoms with Crippen LogP contribution in [0.2, 0.25) is 0 Å². The number of tetrazole rings is 2. The molecule has 2 unspecified atom stereocenters. The number of Topliss-reactive ketones (excluding diaryl/α,β-unsaturated/α-hetero) is 1. The fourth-order valence-corrected chi connectivity index (χ4v) is 2.68. The van der Waals surface area contributed by atoms with Gasteiger partial charge in [-0.15, -0.1) is 20.4 Å². The Balaban J connectivity index is 1.94. The molecule has 144 valence electrons. The molecular formula is C17H30N8O. The van der Waals surface area contributed by atoms with Crippen LogP contribution < -0.4 is 0 Å². The molecule has 0 amide bonds. The molecule has 0 N–H and O–H groups in total. The second kappa shape index (κ2) is 10.1. The highest BCUT2D eigenvalue weighted by Crippen LogP contribution is 2.15. The van der Waals surface area contributed by atoms with Crippen molar-refractivity contribution in [2.45, 2.75) is 91.1 Å². The third-order valence-corrected chi connectivity index (χ3v) is 4.46. The molecule has 0 aliphatic carbocycles. The molecule has 0 saturated heterocycles. The molecule has 0 aromatic carbocycles. The summed E-state index contributed by atoms with van der Waals surface area (Å²) in [5, 5.41) is 24.9. The SMILES string of the molecule is CCCCCc1nnn(C(C)C(=O)C(C)n2nnc(CCCCC)n2)n1. The Kier molecular flexibility index (Phi) is 7.80. The van der Waals surface area contributed by atoms with Crippen molar-refractivity contribution in [3.63, 3.8) is 0 Å². The first kappa shape index (κ1) is 20.1. The van der Waals surface area contributed by atoms with Gasteiger partial charge in [0.1, 0.15) is 12.1 Å². The molecule has 2 atom stereocenters. The third kappa shape index (κ3) is 5.40. The Bertz CT molecular complexity index is 624. The number of carbonyl (C=O) groups is 1. The van der Waals surface area contributed by atoms with Gasteiger partial charge in [0.2, 0.25) is 0 Å². The van der Waals surface area contributed by atoms with Gasteiger partial charge in [-0.05, 0) is 37.1 Å². The summed E-state index contributed by atoms with van der Waals surface area (Å²) in [6, 6.07) is -1.04. The lowest BCUT2D eigenvalue weighted by Gasteiger charge is -2.13. The van der Waals surface area contributed by atoms with E-state index in [0.29, 0.717) is 11.6 Å². The van der Waals surface area contributed by atoms with Crippen molar-refractivity contribution in [2.75, 3.05) is 0 Å². The van der Waals surface area contributed by atoms with Crippen LogP contribution in [0.4, 0.5) is 0 Å². The Labute approximate surface area is 154 Å². The lowest BCUT2D eigenvalue weighted by Crippen LogP contribution is -2.28. The first-order valence-corrected chi connectivity index (χ1v) is 9.67. The predicted molar refractivity (Wildman–Crippen MR) is 96.5 cm³/mol. The van der Waals surface area contributed by atoms with Crippen molar-refractivity contribution in [3.05, 3.63) is 11.6 Å². The first-order valence-electron chi connectivity index (χ1n) is 9.67. The van der Waals surface area contributed by atoms with Crippen molar-refractivity contribution in [3.8, 4) is 0 Å². The average molecular weight is 362 g/mol. The van der Waals surface area contributed by atoms with E-state index in [-0.39, 0.29) is 5.78 Å². The molecule has 26 heavy (non-hydrogen) atoms. The van der Waals surface area contributed by atoms with Crippen LogP contribution in [0.3, 0.4) is 0 Å². The van der Waals surface area contributed by atoms with Crippen LogP contribution in [-0.2, 0) is 17.6 Å². The summed E-state index contributed by atoms with van der Waals surface area (Å²) in [5.74, 6) is 1.30. The Morgan fingerprint density at radius 1 is 0.808 bits per heavy atom. The molecule has 0 saturated carbocycles. The van der Waals surface area contributed by atoms with Gasteiger partial charge < -0.3 is 0 Å². The number of carbonyl (C=O) groups excluding carboxylic acids is 1. The number of rotatable bonds is 12. The second-order valence-corrected chi connectivity index (χ2v) is 6.72. The molecule has 0 aliphatic heterocycles. The van der Waals surface area contributed by atoms with Gasteiger partial charge in [0.05, 0.1) is 0 Å². The van der Waals surface area contributed by atoms with Gasteiger partial charge in [-0.2, -0.15) is 9.59 Å². The quantitative estimate of drug-likeness (QED) is 0.534. The van der Waals surface area contributed by atoms with Gasteiger partial charge in [-0.25, -0.2) is 0 Å². The van der Waals surface area contributed by atoms with E-state index in [9.17, 15) is 4.79 Å². The average Bonchev–Trinajstić information content (AvgIpc) is 3.30. The Morgan fingerprint density at radius 3 is 1.62 bits per heavy atom. The highest BCUT2D eigenvalue weighted by molar-refractivity contribution is 5.85. The smallest absolute Gasteiger partial charge is 0.185 e. The normalized spacial score (nSPS) is 13.7. The van der Waals surface area contributed by atoms with Crippen molar-refractivity contribution in [2.24, 2.45) is 0 Å². The van der Waals surface area contributed by atoms with E-state index in [1.807, 2.05) is 0 Å². The van der Waals surface area contributed by atoms with E-state index >= 15 is 0 Å². The molecule has 0 fully saturated rings. The topological polar surface area (TPSA) is 104 Å². The molecular weight excluding hydrogens is 332 g/mol. The lowest BCUT2D eigenvalue weighted by molar-refractivity contribution is -0.125. The van der Waals surface area contributed by atoms with Crippen molar-refractivity contribution in [1.82, 2.24) is 40.4 Å². The fourth-order valence-electron chi connectivity index (χ4n) is 2.68. The molecule has 2 aromatic heterocycles. The molecule has 0 bridgehead atoms. The molecule has 2 rings (SSSR count). The maximum absolute atomic E-state index is 12.7. The maximum atomic E-state index is 12.7. The minimum absolute atomic E-state index is 0.0694.